The Morgan fingerprint density at radius 2 is 1.84 bits per heavy atom. The third-order valence-electron chi connectivity index (χ3n) is 3.75. The predicted octanol–water partition coefficient (Wildman–Crippen LogP) is 1.66. The van der Waals surface area contributed by atoms with Crippen LogP contribution in [-0.4, -0.2) is 64.9 Å². The van der Waals surface area contributed by atoms with E-state index in [2.05, 4.69) is 0 Å². The third kappa shape index (κ3) is 4.84. The number of hydrogen-bond acceptors (Lipinski definition) is 5. The number of nitrogens with zero attached hydrogens (tertiary/aromatic N) is 2. The summed E-state index contributed by atoms with van der Waals surface area (Å²) < 4.78 is 32.5. The van der Waals surface area contributed by atoms with Crippen LogP contribution < -0.4 is 10.5 Å². The van der Waals surface area contributed by atoms with E-state index in [-0.39, 0.29) is 27.8 Å². The number of benzene rings is 1. The van der Waals surface area contributed by atoms with Crippen LogP contribution in [0.15, 0.2) is 17.0 Å². The van der Waals surface area contributed by atoms with Gasteiger partial charge in [0.25, 0.3) is 5.91 Å². The molecule has 1 aromatic carbocycles. The molecule has 0 spiro atoms. The zero-order valence-corrected chi connectivity index (χ0v) is 17.0. The molecule has 2 N–H and O–H groups in total. The summed E-state index contributed by atoms with van der Waals surface area (Å²) in [7, 11) is 1.97. The van der Waals surface area contributed by atoms with E-state index in [9.17, 15) is 13.2 Å². The second-order valence-electron chi connectivity index (χ2n) is 6.81. The van der Waals surface area contributed by atoms with Crippen LogP contribution in [0, 0.1) is 5.41 Å². The predicted molar refractivity (Wildman–Crippen MR) is 98.7 cm³/mol. The molecule has 0 saturated heterocycles. The van der Waals surface area contributed by atoms with Gasteiger partial charge in [0, 0.05) is 32.7 Å². The number of hydrogen-bond donors (Lipinski definition) is 1. The average Bonchev–Trinajstić information content (AvgIpc) is 2.52. The lowest BCUT2D eigenvalue weighted by atomic mass is 9.94. The number of nitrogens with two attached hydrogens (primary N) is 1. The molecule has 0 heterocycles. The number of halogens is 1. The van der Waals surface area contributed by atoms with E-state index in [1.54, 1.807) is 14.1 Å². The van der Waals surface area contributed by atoms with Gasteiger partial charge in [0.05, 0.1) is 12.7 Å². The molecular formula is C16H26ClN3O4S. The maximum absolute atomic E-state index is 13.0. The molecule has 1 amide bonds. The normalized spacial score (nSPS) is 12.4. The molecule has 0 aliphatic carbocycles. The highest BCUT2D eigenvalue weighted by molar-refractivity contribution is 7.89. The van der Waals surface area contributed by atoms with Crippen molar-refractivity contribution < 1.29 is 17.9 Å². The highest BCUT2D eigenvalue weighted by atomic mass is 35.5. The Bertz CT molecular complexity index is 748. The molecule has 25 heavy (non-hydrogen) atoms. The largest absolute Gasteiger partial charge is 0.494 e. The molecule has 0 radical (unpaired) electrons. The zero-order valence-electron chi connectivity index (χ0n) is 15.5. The summed E-state index contributed by atoms with van der Waals surface area (Å²) in [4.78, 5) is 13.5. The maximum atomic E-state index is 13.0. The fraction of sp³-hybridized carbons (Fsp3) is 0.562. The highest BCUT2D eigenvalue weighted by Crippen LogP contribution is 2.34. The van der Waals surface area contributed by atoms with Gasteiger partial charge in [-0.05, 0) is 24.1 Å². The molecule has 0 aliphatic rings. The van der Waals surface area contributed by atoms with Crippen molar-refractivity contribution in [2.24, 2.45) is 11.1 Å². The van der Waals surface area contributed by atoms with Crippen molar-refractivity contribution in [2.75, 3.05) is 41.3 Å². The van der Waals surface area contributed by atoms with Gasteiger partial charge in [0.2, 0.25) is 10.0 Å². The first kappa shape index (κ1) is 21.7. The number of amides is 1. The SMILES string of the molecule is COc1c(C(=O)N(C)C)cc(Cl)cc1S(=O)(=O)N(C)CC(C)(C)CN. The molecule has 0 unspecified atom stereocenters. The molecule has 9 heteroatoms. The van der Waals surface area contributed by atoms with Crippen molar-refractivity contribution in [3.63, 3.8) is 0 Å². The first-order chi connectivity index (χ1) is 11.4. The third-order valence-corrected chi connectivity index (χ3v) is 5.78. The molecular weight excluding hydrogens is 366 g/mol. The van der Waals surface area contributed by atoms with Crippen molar-refractivity contribution in [3.05, 3.63) is 22.7 Å². The van der Waals surface area contributed by atoms with Crippen LogP contribution in [0.25, 0.3) is 0 Å². The molecule has 1 rings (SSSR count). The molecule has 142 valence electrons. The maximum Gasteiger partial charge on any atom is 0.257 e. The lowest BCUT2D eigenvalue weighted by Crippen LogP contribution is -2.40. The summed E-state index contributed by atoms with van der Waals surface area (Å²) in [6, 6.07) is 2.68. The molecule has 1 aromatic rings. The summed E-state index contributed by atoms with van der Waals surface area (Å²) in [5, 5.41) is 0.135. The van der Waals surface area contributed by atoms with Crippen LogP contribution in [0.3, 0.4) is 0 Å². The smallest absolute Gasteiger partial charge is 0.257 e. The number of ether oxygens (including phenoxy) is 1. The minimum Gasteiger partial charge on any atom is -0.494 e. The second-order valence-corrected chi connectivity index (χ2v) is 9.26. The first-order valence-corrected chi connectivity index (χ1v) is 9.45. The monoisotopic (exact) mass is 391 g/mol. The first-order valence-electron chi connectivity index (χ1n) is 7.63. The van der Waals surface area contributed by atoms with E-state index in [1.165, 1.54) is 35.5 Å². The van der Waals surface area contributed by atoms with Gasteiger partial charge in [-0.1, -0.05) is 25.4 Å². The van der Waals surface area contributed by atoms with Crippen LogP contribution in [0.4, 0.5) is 0 Å². The van der Waals surface area contributed by atoms with Gasteiger partial charge >= 0.3 is 0 Å². The standard InChI is InChI=1S/C16H26ClN3O4S/c1-16(2,9-18)10-20(5)25(22,23)13-8-11(17)7-12(14(13)24-6)15(21)19(3)4/h7-8H,9-10,18H2,1-6H3. The van der Waals surface area contributed by atoms with Gasteiger partial charge in [0.1, 0.15) is 4.90 Å². The van der Waals surface area contributed by atoms with E-state index < -0.39 is 21.3 Å². The van der Waals surface area contributed by atoms with Gasteiger partial charge in [-0.25, -0.2) is 12.7 Å². The summed E-state index contributed by atoms with van der Waals surface area (Å²) in [6.45, 7) is 4.27. The van der Waals surface area contributed by atoms with Crippen molar-refractivity contribution >= 4 is 27.5 Å². The van der Waals surface area contributed by atoms with Gasteiger partial charge in [-0.3, -0.25) is 4.79 Å². The van der Waals surface area contributed by atoms with Crippen LogP contribution in [-0.2, 0) is 10.0 Å². The minimum absolute atomic E-state index is 0.0273. The Morgan fingerprint density at radius 3 is 2.28 bits per heavy atom. The summed E-state index contributed by atoms with van der Waals surface area (Å²) >= 11 is 6.07. The van der Waals surface area contributed by atoms with Gasteiger partial charge < -0.3 is 15.4 Å². The minimum atomic E-state index is -3.93. The van der Waals surface area contributed by atoms with Crippen molar-refractivity contribution in [1.82, 2.24) is 9.21 Å². The van der Waals surface area contributed by atoms with Gasteiger partial charge in [0.15, 0.2) is 5.75 Å². The van der Waals surface area contributed by atoms with Gasteiger partial charge in [-0.15, -0.1) is 0 Å². The van der Waals surface area contributed by atoms with Crippen molar-refractivity contribution in [1.29, 1.82) is 0 Å². The zero-order chi connectivity index (χ0) is 19.6. The van der Waals surface area contributed by atoms with Gasteiger partial charge in [-0.2, -0.15) is 0 Å². The average molecular weight is 392 g/mol. The summed E-state index contributed by atoms with van der Waals surface area (Å²) in [5.41, 5.74) is 5.38. The number of rotatable bonds is 7. The number of sulfonamides is 1. The lowest BCUT2D eigenvalue weighted by molar-refractivity contribution is 0.0823. The molecule has 0 bridgehead atoms. The van der Waals surface area contributed by atoms with Crippen LogP contribution in [0.2, 0.25) is 5.02 Å². The van der Waals surface area contributed by atoms with E-state index in [0.717, 1.165) is 0 Å². The van der Waals surface area contributed by atoms with Crippen molar-refractivity contribution in [2.45, 2.75) is 18.7 Å². The molecule has 7 nitrogen and oxygen atoms in total. The van der Waals surface area contributed by atoms with E-state index in [1.807, 2.05) is 13.8 Å². The molecule has 0 aliphatic heterocycles. The van der Waals surface area contributed by atoms with E-state index >= 15 is 0 Å². The molecule has 0 fully saturated rings. The Hall–Kier alpha value is -1.35. The van der Waals surface area contributed by atoms with Crippen molar-refractivity contribution in [3.8, 4) is 5.75 Å². The molecule has 0 saturated carbocycles. The Labute approximate surface area is 154 Å². The Morgan fingerprint density at radius 1 is 1.28 bits per heavy atom. The van der Waals surface area contributed by atoms with Crippen LogP contribution in [0.5, 0.6) is 5.75 Å². The number of methoxy groups -OCH3 is 1. The summed E-state index contributed by atoms with van der Waals surface area (Å²) in [5.74, 6) is -0.429. The van der Waals surface area contributed by atoms with Crippen LogP contribution >= 0.6 is 11.6 Å². The fourth-order valence-electron chi connectivity index (χ4n) is 2.29. The van der Waals surface area contributed by atoms with E-state index in [0.29, 0.717) is 6.54 Å². The fourth-order valence-corrected chi connectivity index (χ4v) is 4.13. The number of carbonyl (C=O) groups excluding carboxylic acids is 1. The van der Waals surface area contributed by atoms with Crippen LogP contribution in [0.1, 0.15) is 24.2 Å². The molecule has 0 atom stereocenters. The number of carbonyl (C=O) groups is 1. The molecule has 0 aromatic heterocycles. The van der Waals surface area contributed by atoms with E-state index in [4.69, 9.17) is 22.1 Å². The second kappa shape index (κ2) is 7.90. The highest BCUT2D eigenvalue weighted by Gasteiger charge is 2.32. The quantitative estimate of drug-likeness (QED) is 0.762. The topological polar surface area (TPSA) is 92.9 Å². The Kier molecular flexibility index (Phi) is 6.86. The summed E-state index contributed by atoms with van der Waals surface area (Å²) in [6.07, 6.45) is 0. The Balaban J connectivity index is 3.52. The lowest BCUT2D eigenvalue weighted by Gasteiger charge is -2.29.